The van der Waals surface area contributed by atoms with Crippen LogP contribution in [0.5, 0.6) is 5.75 Å². The summed E-state index contributed by atoms with van der Waals surface area (Å²) < 4.78 is 5.77. The fourth-order valence-electron chi connectivity index (χ4n) is 3.55. The van der Waals surface area contributed by atoms with Crippen LogP contribution in [0, 0.1) is 0 Å². The van der Waals surface area contributed by atoms with E-state index in [2.05, 4.69) is 34.1 Å². The van der Waals surface area contributed by atoms with Crippen molar-refractivity contribution >= 4 is 28.8 Å². The largest absolute Gasteiger partial charge is 0.490 e. The van der Waals surface area contributed by atoms with Crippen LogP contribution in [0.25, 0.3) is 0 Å². The first-order valence-corrected chi connectivity index (χ1v) is 10.4. The van der Waals surface area contributed by atoms with Crippen molar-refractivity contribution in [1.29, 1.82) is 0 Å². The summed E-state index contributed by atoms with van der Waals surface area (Å²) in [4.78, 5) is 4.85. The van der Waals surface area contributed by atoms with Crippen molar-refractivity contribution in [2.45, 2.75) is 32.2 Å². The van der Waals surface area contributed by atoms with Crippen LogP contribution in [-0.4, -0.2) is 37.6 Å². The molecule has 0 radical (unpaired) electrons. The second-order valence-electron chi connectivity index (χ2n) is 6.64. The van der Waals surface area contributed by atoms with E-state index in [4.69, 9.17) is 21.3 Å². The van der Waals surface area contributed by atoms with Gasteiger partial charge in [-0.2, -0.15) is 0 Å². The summed E-state index contributed by atoms with van der Waals surface area (Å²) in [7, 11) is 0. The second kappa shape index (κ2) is 9.80. The molecule has 1 saturated heterocycles. The monoisotopic (exact) mass is 400 g/mol. The molecule has 0 aromatic heterocycles. The van der Waals surface area contributed by atoms with Crippen LogP contribution in [0.1, 0.15) is 26.7 Å². The van der Waals surface area contributed by atoms with Gasteiger partial charge in [-0.15, -0.1) is 0 Å². The molecular weight excluding hydrogens is 372 g/mol. The molecule has 2 aliphatic heterocycles. The summed E-state index contributed by atoms with van der Waals surface area (Å²) in [5.41, 5.74) is 2.08. The number of piperidine rings is 1. The summed E-state index contributed by atoms with van der Waals surface area (Å²) in [6.07, 6.45) is 2.00. The maximum Gasteiger partial charge on any atom is 0.137 e. The second-order valence-corrected chi connectivity index (χ2v) is 7.04. The maximum atomic E-state index is 6.13. The smallest absolute Gasteiger partial charge is 0.137 e. The Hall–Kier alpha value is -2.24. The van der Waals surface area contributed by atoms with E-state index in [1.807, 2.05) is 44.2 Å². The molecule has 28 heavy (non-hydrogen) atoms. The minimum Gasteiger partial charge on any atom is -0.490 e. The number of hydrogen-bond donors (Lipinski definition) is 3. The highest BCUT2D eigenvalue weighted by Crippen LogP contribution is 2.35. The number of fused-ring (bicyclic) bond motifs is 1. The highest BCUT2D eigenvalue weighted by atomic mass is 35.5. The van der Waals surface area contributed by atoms with Crippen molar-refractivity contribution in [3.8, 4) is 5.75 Å². The van der Waals surface area contributed by atoms with E-state index in [1.54, 1.807) is 0 Å². The molecule has 0 aliphatic carbocycles. The van der Waals surface area contributed by atoms with E-state index < -0.39 is 0 Å². The van der Waals surface area contributed by atoms with Gasteiger partial charge in [-0.25, -0.2) is 0 Å². The van der Waals surface area contributed by atoms with E-state index >= 15 is 0 Å². The Morgan fingerprint density at radius 1 is 1.00 bits per heavy atom. The van der Waals surface area contributed by atoms with Crippen molar-refractivity contribution in [3.63, 3.8) is 0 Å². The third-order valence-corrected chi connectivity index (χ3v) is 5.23. The molecule has 2 heterocycles. The number of ether oxygens (including phenoxy) is 1. The number of hydrogen-bond acceptors (Lipinski definition) is 4. The topological polar surface area (TPSA) is 57.7 Å². The number of nitrogens with one attached hydrogen (secondary N) is 3. The summed E-state index contributed by atoms with van der Waals surface area (Å²) in [5.74, 6) is 1.70. The zero-order chi connectivity index (χ0) is 19.8. The fraction of sp³-hybridized carbons (Fsp3) is 0.409. The lowest BCUT2D eigenvalue weighted by Crippen LogP contribution is -2.57. The Bertz CT molecular complexity index is 803. The lowest BCUT2D eigenvalue weighted by Gasteiger charge is -2.44. The van der Waals surface area contributed by atoms with Gasteiger partial charge in [-0.1, -0.05) is 49.7 Å². The Balaban J connectivity index is 0.00000109. The van der Waals surface area contributed by atoms with Gasteiger partial charge in [-0.3, -0.25) is 4.99 Å². The number of rotatable bonds is 4. The molecule has 0 bridgehead atoms. The summed E-state index contributed by atoms with van der Waals surface area (Å²) in [6.45, 7) is 7.02. The molecule has 0 unspecified atom stereocenters. The molecule has 4 rings (SSSR count). The number of anilines is 2. The van der Waals surface area contributed by atoms with Gasteiger partial charge in [0.05, 0.1) is 28.5 Å². The first kappa shape index (κ1) is 20.5. The standard InChI is InChI=1S/C20H23ClN4O.C2H6/c21-15-5-1-4-8-18(15)26-14-13-23-19-20(9-11-22-12-10-20)25-17-7-3-2-6-16(17)24-19;1-2/h1-8,22,25H,9-14H2,(H,23,24);1-2H3. The maximum absolute atomic E-state index is 6.13. The van der Waals surface area contributed by atoms with Crippen LogP contribution >= 0.6 is 11.6 Å². The molecule has 150 valence electrons. The fourth-order valence-corrected chi connectivity index (χ4v) is 3.74. The Labute approximate surface area is 172 Å². The zero-order valence-electron chi connectivity index (χ0n) is 16.6. The third kappa shape index (κ3) is 4.59. The number of halogens is 1. The summed E-state index contributed by atoms with van der Waals surface area (Å²) >= 11 is 6.13. The normalized spacial score (nSPS) is 18.3. The predicted molar refractivity (Wildman–Crippen MR) is 119 cm³/mol. The average Bonchev–Trinajstić information content (AvgIpc) is 2.75. The van der Waals surface area contributed by atoms with Crippen molar-refractivity contribution in [2.24, 2.45) is 4.99 Å². The van der Waals surface area contributed by atoms with Gasteiger partial charge in [0.25, 0.3) is 0 Å². The van der Waals surface area contributed by atoms with Gasteiger partial charge in [0.15, 0.2) is 0 Å². The van der Waals surface area contributed by atoms with Crippen LogP contribution in [0.4, 0.5) is 11.4 Å². The molecule has 3 N–H and O–H groups in total. The lowest BCUT2D eigenvalue weighted by atomic mass is 9.84. The number of nitrogens with zero attached hydrogens (tertiary/aromatic N) is 1. The minimum absolute atomic E-state index is 0.135. The summed E-state index contributed by atoms with van der Waals surface area (Å²) in [6, 6.07) is 15.8. The first-order valence-electron chi connectivity index (χ1n) is 10.0. The van der Waals surface area contributed by atoms with Crippen LogP contribution in [0.2, 0.25) is 5.02 Å². The number of aliphatic imine (C=N–C) groups is 1. The molecule has 1 spiro atoms. The van der Waals surface area contributed by atoms with Crippen LogP contribution < -0.4 is 20.7 Å². The van der Waals surface area contributed by atoms with Gasteiger partial charge in [-0.05, 0) is 50.2 Å². The van der Waals surface area contributed by atoms with Gasteiger partial charge < -0.3 is 20.7 Å². The molecule has 0 amide bonds. The van der Waals surface area contributed by atoms with Crippen LogP contribution in [0.15, 0.2) is 53.5 Å². The molecule has 0 saturated carbocycles. The molecule has 1 fully saturated rings. The van der Waals surface area contributed by atoms with Gasteiger partial charge >= 0.3 is 0 Å². The molecule has 2 aromatic carbocycles. The van der Waals surface area contributed by atoms with E-state index in [0.717, 1.165) is 43.1 Å². The molecular formula is C22H29ClN4O. The Morgan fingerprint density at radius 3 is 2.43 bits per heavy atom. The molecule has 5 nitrogen and oxygen atoms in total. The van der Waals surface area contributed by atoms with Crippen molar-refractivity contribution in [1.82, 2.24) is 5.32 Å². The Morgan fingerprint density at radius 2 is 1.68 bits per heavy atom. The van der Waals surface area contributed by atoms with E-state index in [0.29, 0.717) is 23.9 Å². The first-order chi connectivity index (χ1) is 13.8. The average molecular weight is 401 g/mol. The van der Waals surface area contributed by atoms with Crippen molar-refractivity contribution < 1.29 is 4.74 Å². The van der Waals surface area contributed by atoms with E-state index in [-0.39, 0.29) is 5.54 Å². The number of benzene rings is 2. The minimum atomic E-state index is -0.135. The zero-order valence-corrected chi connectivity index (χ0v) is 17.4. The van der Waals surface area contributed by atoms with Crippen LogP contribution in [-0.2, 0) is 0 Å². The predicted octanol–water partition coefficient (Wildman–Crippen LogP) is 4.80. The quantitative estimate of drug-likeness (QED) is 0.645. The lowest BCUT2D eigenvalue weighted by molar-refractivity contribution is 0.328. The SMILES string of the molecule is CC.Clc1ccccc1OCCN=C1Nc2ccccc2NC12CCNCC2. The van der Waals surface area contributed by atoms with Crippen molar-refractivity contribution in [3.05, 3.63) is 53.6 Å². The molecule has 2 aromatic rings. The number of para-hydroxylation sites is 3. The van der Waals surface area contributed by atoms with Crippen molar-refractivity contribution in [2.75, 3.05) is 36.9 Å². The highest BCUT2D eigenvalue weighted by molar-refractivity contribution is 6.32. The molecule has 2 aliphatic rings. The van der Waals surface area contributed by atoms with Gasteiger partial charge in [0.1, 0.15) is 18.2 Å². The van der Waals surface area contributed by atoms with Gasteiger partial charge in [0.2, 0.25) is 0 Å². The van der Waals surface area contributed by atoms with Crippen LogP contribution in [0.3, 0.4) is 0 Å². The highest BCUT2D eigenvalue weighted by Gasteiger charge is 2.40. The van der Waals surface area contributed by atoms with Gasteiger partial charge in [0, 0.05) is 0 Å². The third-order valence-electron chi connectivity index (χ3n) is 4.92. The summed E-state index contributed by atoms with van der Waals surface area (Å²) in [5, 5.41) is 11.3. The Kier molecular flexibility index (Phi) is 7.18. The number of amidine groups is 1. The van der Waals surface area contributed by atoms with E-state index in [9.17, 15) is 0 Å². The van der Waals surface area contributed by atoms with E-state index in [1.165, 1.54) is 0 Å². The molecule has 6 heteroatoms. The molecule has 0 atom stereocenters.